The summed E-state index contributed by atoms with van der Waals surface area (Å²) in [4.78, 5) is 33.6. The van der Waals surface area contributed by atoms with E-state index in [1.54, 1.807) is 12.1 Å². The molecule has 0 spiro atoms. The summed E-state index contributed by atoms with van der Waals surface area (Å²) in [5.74, 6) is 2.09. The van der Waals surface area contributed by atoms with E-state index in [4.69, 9.17) is 21.9 Å². The molecule has 3 atom stereocenters. The van der Waals surface area contributed by atoms with Crippen LogP contribution in [0.5, 0.6) is 6.01 Å². The third-order valence-corrected chi connectivity index (χ3v) is 9.29. The third-order valence-electron chi connectivity index (χ3n) is 9.29. The topological polar surface area (TPSA) is 121 Å². The van der Waals surface area contributed by atoms with Crippen molar-refractivity contribution in [2.45, 2.75) is 62.9 Å². The van der Waals surface area contributed by atoms with Gasteiger partial charge in [0.1, 0.15) is 41.6 Å². The molecule has 7 rings (SSSR count). The molecule has 1 aromatic carbocycles. The molecule has 6 heterocycles. The fraction of sp³-hybridized carbons (Fsp3) is 0.484. The quantitative estimate of drug-likeness (QED) is 0.432. The van der Waals surface area contributed by atoms with E-state index in [1.807, 2.05) is 4.90 Å². The second kappa shape index (κ2) is 10.6. The molecule has 12 heteroatoms. The van der Waals surface area contributed by atoms with Crippen molar-refractivity contribution in [2.75, 3.05) is 48.3 Å². The first-order valence-electron chi connectivity index (χ1n) is 14.8. The maximum absolute atomic E-state index is 14.8. The number of fused-ring (bicyclic) bond motifs is 3. The van der Waals surface area contributed by atoms with Crippen molar-refractivity contribution in [1.82, 2.24) is 19.9 Å². The molecule has 0 bridgehead atoms. The first kappa shape index (κ1) is 27.7. The van der Waals surface area contributed by atoms with Gasteiger partial charge in [0.25, 0.3) is 5.91 Å². The first-order chi connectivity index (χ1) is 20.8. The van der Waals surface area contributed by atoms with Crippen LogP contribution < -0.4 is 20.3 Å². The number of carbonyl (C=O) groups is 1. The van der Waals surface area contributed by atoms with Crippen LogP contribution in [0.15, 0.2) is 18.2 Å². The van der Waals surface area contributed by atoms with Crippen molar-refractivity contribution in [3.8, 4) is 18.4 Å². The number of ether oxygens (including phenoxy) is 1. The molecular formula is C31H33F2N7O3. The van der Waals surface area contributed by atoms with Crippen LogP contribution in [0.25, 0.3) is 10.8 Å². The van der Waals surface area contributed by atoms with Crippen molar-refractivity contribution in [1.29, 1.82) is 0 Å². The number of halogens is 2. The highest BCUT2D eigenvalue weighted by molar-refractivity contribution is 6.16. The van der Waals surface area contributed by atoms with Gasteiger partial charge in [0.2, 0.25) is 0 Å². The fourth-order valence-electron chi connectivity index (χ4n) is 7.23. The number of alkyl halides is 1. The number of anilines is 3. The van der Waals surface area contributed by atoms with Gasteiger partial charge >= 0.3 is 6.01 Å². The molecule has 224 valence electrons. The highest BCUT2D eigenvalue weighted by Crippen LogP contribution is 2.42. The standard InChI is InChI=1S/C31H33F2N7O3/c1-2-21-22(33)7-6-18-13-24(34)36-28(25(18)21)40-16-23-26(29(40)42)27(38-10-3-5-20(41)8-12-38)37-30(35-23)43-17-31-9-4-11-39(31)15-19(32)14-31/h1,6-7,13,19-20,41H,3-5,8-12,14-17H2,(H2,34,36)/t19-,20?,31+/m1/s1. The minimum absolute atomic E-state index is 0.0105. The Kier molecular flexibility index (Phi) is 6.82. The van der Waals surface area contributed by atoms with Crippen LogP contribution in [0.4, 0.5) is 26.2 Å². The molecule has 4 aliphatic heterocycles. The lowest BCUT2D eigenvalue weighted by atomic mass is 9.95. The molecule has 2 aromatic heterocycles. The van der Waals surface area contributed by atoms with Gasteiger partial charge in [-0.25, -0.2) is 13.8 Å². The zero-order chi connectivity index (χ0) is 29.9. The van der Waals surface area contributed by atoms with Crippen LogP contribution in [0.2, 0.25) is 0 Å². The van der Waals surface area contributed by atoms with Crippen molar-refractivity contribution in [3.05, 3.63) is 40.8 Å². The van der Waals surface area contributed by atoms with Gasteiger partial charge in [-0.2, -0.15) is 9.97 Å². The maximum Gasteiger partial charge on any atom is 0.318 e. The van der Waals surface area contributed by atoms with Gasteiger partial charge in [-0.15, -0.1) is 6.42 Å². The molecule has 1 amide bonds. The molecule has 3 aromatic rings. The van der Waals surface area contributed by atoms with Crippen LogP contribution in [0, 0.1) is 18.2 Å². The maximum atomic E-state index is 14.8. The second-order valence-electron chi connectivity index (χ2n) is 12.0. The summed E-state index contributed by atoms with van der Waals surface area (Å²) < 4.78 is 35.4. The zero-order valence-corrected chi connectivity index (χ0v) is 23.7. The van der Waals surface area contributed by atoms with Gasteiger partial charge in [-0.05, 0) is 56.2 Å². The number of hydrogen-bond donors (Lipinski definition) is 2. The number of aromatic nitrogens is 3. The predicted molar refractivity (Wildman–Crippen MR) is 157 cm³/mol. The summed E-state index contributed by atoms with van der Waals surface area (Å²) in [6.07, 6.45) is 8.47. The van der Waals surface area contributed by atoms with Gasteiger partial charge < -0.3 is 20.5 Å². The van der Waals surface area contributed by atoms with Crippen LogP contribution in [0.1, 0.15) is 60.1 Å². The van der Waals surface area contributed by atoms with E-state index >= 15 is 0 Å². The van der Waals surface area contributed by atoms with Gasteiger partial charge in [0, 0.05) is 31.4 Å². The summed E-state index contributed by atoms with van der Waals surface area (Å²) in [6.45, 7) is 2.58. The number of terminal acetylenes is 1. The van der Waals surface area contributed by atoms with Crippen molar-refractivity contribution < 1.29 is 23.4 Å². The zero-order valence-electron chi connectivity index (χ0n) is 23.7. The fourth-order valence-corrected chi connectivity index (χ4v) is 7.23. The van der Waals surface area contributed by atoms with Crippen LogP contribution in [-0.4, -0.2) is 81.5 Å². The molecule has 3 fully saturated rings. The summed E-state index contributed by atoms with van der Waals surface area (Å²) in [7, 11) is 0. The van der Waals surface area contributed by atoms with E-state index in [0.29, 0.717) is 66.7 Å². The van der Waals surface area contributed by atoms with E-state index in [2.05, 4.69) is 20.8 Å². The average Bonchev–Trinajstić information content (AvgIpc) is 3.56. The second-order valence-corrected chi connectivity index (χ2v) is 12.0. The summed E-state index contributed by atoms with van der Waals surface area (Å²) >= 11 is 0. The van der Waals surface area contributed by atoms with Crippen molar-refractivity contribution in [2.24, 2.45) is 0 Å². The Hall–Kier alpha value is -4.08. The molecule has 4 aliphatic rings. The number of hydrogen-bond acceptors (Lipinski definition) is 9. The number of carbonyl (C=O) groups excluding carboxylic acids is 1. The monoisotopic (exact) mass is 589 g/mol. The van der Waals surface area contributed by atoms with E-state index in [-0.39, 0.29) is 36.4 Å². The van der Waals surface area contributed by atoms with Gasteiger partial charge in [0.15, 0.2) is 0 Å². The Bertz CT molecular complexity index is 1660. The summed E-state index contributed by atoms with van der Waals surface area (Å²) in [6, 6.07) is 4.51. The van der Waals surface area contributed by atoms with Crippen LogP contribution in [0.3, 0.4) is 0 Å². The Morgan fingerprint density at radius 1 is 1.16 bits per heavy atom. The largest absolute Gasteiger partial charge is 0.461 e. The van der Waals surface area contributed by atoms with Crippen molar-refractivity contribution in [3.63, 3.8) is 0 Å². The number of aliphatic hydroxyl groups excluding tert-OH is 1. The molecule has 0 radical (unpaired) electrons. The Balaban J connectivity index is 1.29. The van der Waals surface area contributed by atoms with Gasteiger partial charge in [-0.3, -0.25) is 14.6 Å². The smallest absolute Gasteiger partial charge is 0.318 e. The van der Waals surface area contributed by atoms with Crippen molar-refractivity contribution >= 4 is 34.1 Å². The van der Waals surface area contributed by atoms with E-state index in [9.17, 15) is 18.7 Å². The molecular weight excluding hydrogens is 556 g/mol. The number of pyridine rings is 1. The van der Waals surface area contributed by atoms with E-state index < -0.39 is 29.5 Å². The highest BCUT2D eigenvalue weighted by Gasteiger charge is 2.49. The lowest BCUT2D eigenvalue weighted by Gasteiger charge is -2.31. The van der Waals surface area contributed by atoms with Crippen LogP contribution >= 0.6 is 0 Å². The molecule has 3 N–H and O–H groups in total. The summed E-state index contributed by atoms with van der Waals surface area (Å²) in [5.41, 5.74) is 6.45. The predicted octanol–water partition coefficient (Wildman–Crippen LogP) is 3.19. The molecule has 0 aliphatic carbocycles. The number of rotatable bonds is 5. The highest BCUT2D eigenvalue weighted by atomic mass is 19.1. The normalized spacial score (nSPS) is 25.6. The minimum Gasteiger partial charge on any atom is -0.461 e. The Morgan fingerprint density at radius 2 is 2.02 bits per heavy atom. The number of nitrogen functional groups attached to an aromatic ring is 1. The van der Waals surface area contributed by atoms with Gasteiger partial charge in [-0.1, -0.05) is 12.0 Å². The number of aliphatic hydroxyl groups is 1. The molecule has 1 unspecified atom stereocenters. The number of nitrogens with two attached hydrogens (primary N) is 1. The van der Waals surface area contributed by atoms with E-state index in [1.165, 1.54) is 11.0 Å². The molecule has 0 saturated carbocycles. The Morgan fingerprint density at radius 3 is 2.86 bits per heavy atom. The van der Waals surface area contributed by atoms with Gasteiger partial charge in [0.05, 0.1) is 29.4 Å². The Labute approximate surface area is 247 Å². The lowest BCUT2D eigenvalue weighted by molar-refractivity contribution is 0.0995. The first-order valence-corrected chi connectivity index (χ1v) is 14.8. The number of nitrogens with zero attached hydrogens (tertiary/aromatic N) is 6. The average molecular weight is 590 g/mol. The summed E-state index contributed by atoms with van der Waals surface area (Å²) in [5, 5.41) is 11.2. The SMILES string of the molecule is C#Cc1c(F)ccc2cc(N)nc(N3Cc4nc(OC[C@@]56CCCN5C[C@H](F)C6)nc(N5CCCC(O)CC5)c4C3=O)c12. The number of benzene rings is 1. The minimum atomic E-state index is -0.895. The number of amides is 1. The molecule has 43 heavy (non-hydrogen) atoms. The lowest BCUT2D eigenvalue weighted by Crippen LogP contribution is -2.43. The van der Waals surface area contributed by atoms with E-state index in [0.717, 1.165) is 25.8 Å². The molecule has 3 saturated heterocycles. The molecule has 10 nitrogen and oxygen atoms in total. The van der Waals surface area contributed by atoms with Crippen LogP contribution in [-0.2, 0) is 6.54 Å². The third kappa shape index (κ3) is 4.71.